The summed E-state index contributed by atoms with van der Waals surface area (Å²) in [7, 11) is 0. The average Bonchev–Trinajstić information content (AvgIpc) is 2.75. The van der Waals surface area contributed by atoms with Gasteiger partial charge in [-0.3, -0.25) is 14.6 Å². The van der Waals surface area contributed by atoms with Gasteiger partial charge < -0.3 is 20.3 Å². The van der Waals surface area contributed by atoms with E-state index in [1.165, 1.54) is 0 Å². The lowest BCUT2D eigenvalue weighted by molar-refractivity contribution is -0.124. The molecule has 3 atom stereocenters. The van der Waals surface area contributed by atoms with Crippen molar-refractivity contribution < 1.29 is 19.4 Å². The molecule has 1 saturated heterocycles. The molecule has 3 unspecified atom stereocenters. The molecule has 2 aromatic carbocycles. The number of hydrogen-bond acceptors (Lipinski definition) is 6. The van der Waals surface area contributed by atoms with E-state index in [0.29, 0.717) is 37.7 Å². The largest absolute Gasteiger partial charge is 0.486 e. The lowest BCUT2D eigenvalue weighted by Crippen LogP contribution is -2.53. The Morgan fingerprint density at radius 2 is 1.69 bits per heavy atom. The van der Waals surface area contributed by atoms with Crippen molar-refractivity contribution in [3.05, 3.63) is 60.2 Å². The van der Waals surface area contributed by atoms with Crippen molar-refractivity contribution in [3.63, 3.8) is 0 Å². The molecule has 0 spiro atoms. The first-order valence-electron chi connectivity index (χ1n) is 9.99. The second-order valence-corrected chi connectivity index (χ2v) is 7.53. The van der Waals surface area contributed by atoms with Crippen molar-refractivity contribution >= 4 is 5.91 Å². The van der Waals surface area contributed by atoms with E-state index in [2.05, 4.69) is 9.80 Å². The molecule has 2 aliphatic rings. The van der Waals surface area contributed by atoms with E-state index in [4.69, 9.17) is 15.2 Å². The van der Waals surface area contributed by atoms with Gasteiger partial charge in [-0.15, -0.1) is 0 Å². The maximum absolute atomic E-state index is 12.1. The zero-order valence-electron chi connectivity index (χ0n) is 16.3. The second kappa shape index (κ2) is 8.82. The lowest BCUT2D eigenvalue weighted by atomic mass is 10.0. The summed E-state index contributed by atoms with van der Waals surface area (Å²) < 4.78 is 11.6. The number of amides is 1. The van der Waals surface area contributed by atoms with Gasteiger partial charge in [-0.2, -0.15) is 0 Å². The molecule has 0 radical (unpaired) electrons. The predicted molar refractivity (Wildman–Crippen MR) is 109 cm³/mol. The number of primary amides is 1. The van der Waals surface area contributed by atoms with Crippen LogP contribution in [0.3, 0.4) is 0 Å². The van der Waals surface area contributed by atoms with Gasteiger partial charge in [-0.05, 0) is 17.7 Å². The highest BCUT2D eigenvalue weighted by atomic mass is 16.6. The van der Waals surface area contributed by atoms with Gasteiger partial charge in [0.05, 0.1) is 0 Å². The summed E-state index contributed by atoms with van der Waals surface area (Å²) >= 11 is 0. The van der Waals surface area contributed by atoms with Crippen LogP contribution in [0.2, 0.25) is 0 Å². The fourth-order valence-electron chi connectivity index (χ4n) is 4.00. The Balaban J connectivity index is 1.31. The molecule has 4 rings (SSSR count). The molecule has 1 amide bonds. The number of carbonyl (C=O) groups is 1. The highest BCUT2D eigenvalue weighted by Gasteiger charge is 2.32. The van der Waals surface area contributed by atoms with E-state index in [9.17, 15) is 9.90 Å². The summed E-state index contributed by atoms with van der Waals surface area (Å²) in [5, 5.41) is 10.7. The van der Waals surface area contributed by atoms with E-state index in [0.717, 1.165) is 18.7 Å². The lowest BCUT2D eigenvalue weighted by Gasteiger charge is -2.39. The third-order valence-electron chi connectivity index (χ3n) is 5.56. The summed E-state index contributed by atoms with van der Waals surface area (Å²) in [5.41, 5.74) is 6.60. The highest BCUT2D eigenvalue weighted by molar-refractivity contribution is 5.81. The standard InChI is InChI=1S/C22H27N3O4/c23-22(27)21(16-6-2-1-3-7-16)25-12-10-24(11-13-25)14-17(26)20-15-28-18-8-4-5-9-19(18)29-20/h1-9,17,20-21,26H,10-15H2,(H2,23,27). The van der Waals surface area contributed by atoms with Crippen LogP contribution in [0.1, 0.15) is 11.6 Å². The number of rotatable bonds is 6. The maximum atomic E-state index is 12.1. The Labute approximate surface area is 170 Å². The number of para-hydroxylation sites is 2. The Bertz CT molecular complexity index is 824. The van der Waals surface area contributed by atoms with Gasteiger partial charge in [0, 0.05) is 32.7 Å². The van der Waals surface area contributed by atoms with Crippen LogP contribution < -0.4 is 15.2 Å². The van der Waals surface area contributed by atoms with Crippen LogP contribution in [0, 0.1) is 0 Å². The van der Waals surface area contributed by atoms with Crippen molar-refractivity contribution in [3.8, 4) is 11.5 Å². The second-order valence-electron chi connectivity index (χ2n) is 7.53. The minimum Gasteiger partial charge on any atom is -0.486 e. The molecule has 29 heavy (non-hydrogen) atoms. The van der Waals surface area contributed by atoms with Crippen LogP contribution in [-0.4, -0.2) is 72.4 Å². The van der Waals surface area contributed by atoms with Crippen LogP contribution in [0.15, 0.2) is 54.6 Å². The smallest absolute Gasteiger partial charge is 0.239 e. The summed E-state index contributed by atoms with van der Waals surface area (Å²) in [6.07, 6.45) is -1.05. The van der Waals surface area contributed by atoms with Gasteiger partial charge in [0.1, 0.15) is 18.8 Å². The first-order valence-corrected chi connectivity index (χ1v) is 9.99. The highest BCUT2D eigenvalue weighted by Crippen LogP contribution is 2.31. The molecule has 2 heterocycles. The summed E-state index contributed by atoms with van der Waals surface area (Å²) in [6, 6.07) is 16.7. The molecule has 3 N–H and O–H groups in total. The van der Waals surface area contributed by atoms with E-state index < -0.39 is 18.2 Å². The summed E-state index contributed by atoms with van der Waals surface area (Å²) in [6.45, 7) is 3.74. The van der Waals surface area contributed by atoms with Gasteiger partial charge in [0.25, 0.3) is 0 Å². The van der Waals surface area contributed by atoms with Crippen molar-refractivity contribution in [2.45, 2.75) is 18.2 Å². The van der Waals surface area contributed by atoms with E-state index in [1.54, 1.807) is 0 Å². The predicted octanol–water partition coefficient (Wildman–Crippen LogP) is 1.03. The van der Waals surface area contributed by atoms with Crippen LogP contribution >= 0.6 is 0 Å². The van der Waals surface area contributed by atoms with Crippen molar-refractivity contribution in [2.75, 3.05) is 39.3 Å². The third kappa shape index (κ3) is 4.53. The molecular weight excluding hydrogens is 370 g/mol. The number of nitrogens with zero attached hydrogens (tertiary/aromatic N) is 2. The zero-order valence-corrected chi connectivity index (χ0v) is 16.3. The van der Waals surface area contributed by atoms with Crippen molar-refractivity contribution in [1.29, 1.82) is 0 Å². The molecule has 2 aromatic rings. The van der Waals surface area contributed by atoms with Crippen molar-refractivity contribution in [1.82, 2.24) is 9.80 Å². The molecule has 0 aromatic heterocycles. The number of fused-ring (bicyclic) bond motifs is 1. The van der Waals surface area contributed by atoms with Crippen LogP contribution in [0.25, 0.3) is 0 Å². The van der Waals surface area contributed by atoms with Crippen molar-refractivity contribution in [2.24, 2.45) is 5.73 Å². The SMILES string of the molecule is NC(=O)C(c1ccccc1)N1CCN(CC(O)C2COc3ccccc3O2)CC1. The molecule has 154 valence electrons. The average molecular weight is 397 g/mol. The van der Waals surface area contributed by atoms with Gasteiger partial charge >= 0.3 is 0 Å². The summed E-state index contributed by atoms with van der Waals surface area (Å²) in [4.78, 5) is 16.4. The topological polar surface area (TPSA) is 88.3 Å². The molecule has 7 nitrogen and oxygen atoms in total. The molecule has 0 bridgehead atoms. The Morgan fingerprint density at radius 1 is 1.03 bits per heavy atom. The Hall–Kier alpha value is -2.61. The monoisotopic (exact) mass is 397 g/mol. The number of hydrogen-bond donors (Lipinski definition) is 2. The van der Waals surface area contributed by atoms with E-state index >= 15 is 0 Å². The van der Waals surface area contributed by atoms with Gasteiger partial charge in [-0.25, -0.2) is 0 Å². The van der Waals surface area contributed by atoms with E-state index in [-0.39, 0.29) is 5.91 Å². The Kier molecular flexibility index (Phi) is 5.99. The molecular formula is C22H27N3O4. The fourth-order valence-corrected chi connectivity index (χ4v) is 4.00. The molecule has 0 aliphatic carbocycles. The van der Waals surface area contributed by atoms with Crippen LogP contribution in [-0.2, 0) is 4.79 Å². The first-order chi connectivity index (χ1) is 14.1. The van der Waals surface area contributed by atoms with Gasteiger partial charge in [-0.1, -0.05) is 42.5 Å². The third-order valence-corrected chi connectivity index (χ3v) is 5.56. The fraction of sp³-hybridized carbons (Fsp3) is 0.409. The summed E-state index contributed by atoms with van der Waals surface area (Å²) in [5.74, 6) is 1.04. The molecule has 1 fully saturated rings. The number of aliphatic hydroxyl groups excluding tert-OH is 1. The number of nitrogens with two attached hydrogens (primary N) is 1. The van der Waals surface area contributed by atoms with Gasteiger partial charge in [0.2, 0.25) is 5.91 Å². The molecule has 2 aliphatic heterocycles. The zero-order chi connectivity index (χ0) is 20.2. The first kappa shape index (κ1) is 19.7. The maximum Gasteiger partial charge on any atom is 0.239 e. The number of carbonyl (C=O) groups excluding carboxylic acids is 1. The Morgan fingerprint density at radius 3 is 2.38 bits per heavy atom. The van der Waals surface area contributed by atoms with Crippen LogP contribution in [0.4, 0.5) is 0 Å². The quantitative estimate of drug-likeness (QED) is 0.757. The number of aliphatic hydroxyl groups is 1. The number of β-amino-alcohol motifs (C(OH)–C–C–N with tert-alkyl or cyclic N) is 1. The minimum absolute atomic E-state index is 0.329. The number of ether oxygens (including phenoxy) is 2. The number of piperazine rings is 1. The molecule has 7 heteroatoms. The normalized spacial score (nSPS) is 22.0. The number of benzene rings is 2. The van der Waals surface area contributed by atoms with Crippen LogP contribution in [0.5, 0.6) is 11.5 Å². The molecule has 0 saturated carbocycles. The van der Waals surface area contributed by atoms with Gasteiger partial charge in [0.15, 0.2) is 17.6 Å². The minimum atomic E-state index is -0.657. The van der Waals surface area contributed by atoms with E-state index in [1.807, 2.05) is 54.6 Å².